The van der Waals surface area contributed by atoms with Gasteiger partial charge < -0.3 is 0 Å². The Morgan fingerprint density at radius 1 is 0.318 bits per heavy atom. The number of rotatable bonds is 8. The number of benzene rings is 5. The molecular formula is C34H34Cl4O4Te2. The summed E-state index contributed by atoms with van der Waals surface area (Å²) < 4.78 is 24.5. The van der Waals surface area contributed by atoms with E-state index in [1.807, 2.05) is 133 Å². The summed E-state index contributed by atoms with van der Waals surface area (Å²) in [4.78, 5) is 0. The van der Waals surface area contributed by atoms with Gasteiger partial charge >= 0.3 is 250 Å². The van der Waals surface area contributed by atoms with Crippen molar-refractivity contribution in [3.05, 3.63) is 133 Å². The van der Waals surface area contributed by atoms with Crippen molar-refractivity contribution in [3.63, 3.8) is 0 Å². The van der Waals surface area contributed by atoms with Gasteiger partial charge in [0, 0.05) is 0 Å². The van der Waals surface area contributed by atoms with E-state index in [9.17, 15) is 0 Å². The molecule has 0 saturated carbocycles. The molecule has 0 aliphatic heterocycles. The van der Waals surface area contributed by atoms with Crippen LogP contribution in [0.2, 0.25) is 0 Å². The van der Waals surface area contributed by atoms with Gasteiger partial charge in [-0.15, -0.1) is 0 Å². The van der Waals surface area contributed by atoms with Crippen LogP contribution in [-0.4, -0.2) is 60.3 Å². The molecule has 44 heavy (non-hydrogen) atoms. The molecule has 234 valence electrons. The fourth-order valence-electron chi connectivity index (χ4n) is 3.64. The summed E-state index contributed by atoms with van der Waals surface area (Å²) in [6.07, 6.45) is 0. The van der Waals surface area contributed by atoms with E-state index in [4.69, 9.17) is 54.8 Å². The molecule has 10 heteroatoms. The Hall–Kier alpha value is -1.96. The van der Waals surface area contributed by atoms with E-state index >= 15 is 0 Å². The van der Waals surface area contributed by atoms with Crippen molar-refractivity contribution < 1.29 is 18.9 Å². The van der Waals surface area contributed by atoms with Gasteiger partial charge in [0.1, 0.15) is 0 Å². The summed E-state index contributed by atoms with van der Waals surface area (Å²) in [5, 5.41) is 0. The Balaban J connectivity index is 0.000000202. The first-order valence-electron chi connectivity index (χ1n) is 13.2. The molecule has 0 N–H and O–H groups in total. The van der Waals surface area contributed by atoms with E-state index in [1.165, 1.54) is 0 Å². The Morgan fingerprint density at radius 3 is 0.614 bits per heavy atom. The number of halogens is 4. The smallest absolute Gasteiger partial charge is 0.0623 e. The van der Waals surface area contributed by atoms with Gasteiger partial charge in [-0.3, -0.25) is 0 Å². The standard InChI is InChI=1S/2C14H14Cl2O2Te.C6H6/c2*1-17-11-3-7-13(8-4-11)19(15,16)14-9-5-12(18-2)6-10-14;1-2-4-6-5-3-1/h2*3-10H,1-2H3;1-6H. The summed E-state index contributed by atoms with van der Waals surface area (Å²) in [6.45, 7) is 0. The minimum Gasteiger partial charge on any atom is -0.0623 e. The van der Waals surface area contributed by atoms with Crippen molar-refractivity contribution in [2.75, 3.05) is 28.4 Å². The second-order valence-electron chi connectivity index (χ2n) is 8.79. The third kappa shape index (κ3) is 10.6. The Morgan fingerprint density at radius 2 is 0.477 bits per heavy atom. The Labute approximate surface area is 283 Å². The van der Waals surface area contributed by atoms with Gasteiger partial charge in [-0.1, -0.05) is 36.4 Å². The average molecular weight is 904 g/mol. The second-order valence-corrected chi connectivity index (χ2v) is 34.1. The first kappa shape index (κ1) is 36.5. The van der Waals surface area contributed by atoms with Gasteiger partial charge in [0.15, 0.2) is 0 Å². The van der Waals surface area contributed by atoms with Gasteiger partial charge in [-0.2, -0.15) is 0 Å². The molecule has 0 fully saturated rings. The summed E-state index contributed by atoms with van der Waals surface area (Å²) in [5.74, 6) is 3.19. The van der Waals surface area contributed by atoms with E-state index in [-0.39, 0.29) is 0 Å². The zero-order chi connectivity index (χ0) is 32.0. The molecule has 5 rings (SSSR count). The summed E-state index contributed by atoms with van der Waals surface area (Å²) in [7, 11) is 33.1. The van der Waals surface area contributed by atoms with Crippen LogP contribution in [0.5, 0.6) is 23.0 Å². The fraction of sp³-hybridized carbons (Fsp3) is 0.118. The molecule has 0 radical (unpaired) electrons. The largest absolute Gasteiger partial charge is 0.0623 e. The molecule has 0 aliphatic carbocycles. The topological polar surface area (TPSA) is 36.9 Å². The summed E-state index contributed by atoms with van der Waals surface area (Å²) >= 11 is -6.56. The number of hydrogen-bond donors (Lipinski definition) is 0. The van der Waals surface area contributed by atoms with Crippen molar-refractivity contribution in [2.24, 2.45) is 0 Å². The van der Waals surface area contributed by atoms with Gasteiger partial charge in [0.2, 0.25) is 0 Å². The summed E-state index contributed by atoms with van der Waals surface area (Å²) in [5.41, 5.74) is 0. The van der Waals surface area contributed by atoms with Crippen LogP contribution in [0.1, 0.15) is 0 Å². The molecule has 0 unspecified atom stereocenters. The molecule has 0 amide bonds. The third-order valence-electron chi connectivity index (χ3n) is 6.09. The van der Waals surface area contributed by atoms with Crippen molar-refractivity contribution >= 4 is 82.2 Å². The first-order chi connectivity index (χ1) is 21.1. The minimum atomic E-state index is -3.28. The van der Waals surface area contributed by atoms with E-state index in [2.05, 4.69) is 0 Å². The quantitative estimate of drug-likeness (QED) is 0.155. The molecule has 5 aromatic rings. The van der Waals surface area contributed by atoms with Crippen LogP contribution in [-0.2, 0) is 0 Å². The Bertz CT molecular complexity index is 1290. The number of hydrogen-bond acceptors (Lipinski definition) is 4. The molecule has 5 aromatic carbocycles. The Kier molecular flexibility index (Phi) is 15.1. The van der Waals surface area contributed by atoms with Gasteiger partial charge in [0.25, 0.3) is 0 Å². The van der Waals surface area contributed by atoms with Crippen LogP contribution in [0.25, 0.3) is 0 Å². The SMILES string of the molecule is COc1ccc([Te](Cl)(Cl)c2ccc(OC)cc2)cc1.COc1ccc([Te](Cl)(Cl)c2ccc(OC)cc2)cc1.c1ccccc1. The monoisotopic (exact) mass is 906 g/mol. The van der Waals surface area contributed by atoms with Gasteiger partial charge in [-0.25, -0.2) is 0 Å². The maximum absolute atomic E-state index is 6.65. The van der Waals surface area contributed by atoms with Crippen LogP contribution in [0.15, 0.2) is 133 Å². The molecule has 4 nitrogen and oxygen atoms in total. The van der Waals surface area contributed by atoms with Gasteiger partial charge in [-0.05, 0) is 0 Å². The maximum Gasteiger partial charge on any atom is -0.0623 e. The molecular weight excluding hydrogens is 869 g/mol. The second kappa shape index (κ2) is 18.3. The van der Waals surface area contributed by atoms with E-state index < -0.39 is 31.9 Å². The molecule has 0 heterocycles. The van der Waals surface area contributed by atoms with Crippen LogP contribution < -0.4 is 33.4 Å². The van der Waals surface area contributed by atoms with Crippen LogP contribution in [0, 0.1) is 0 Å². The molecule has 0 aromatic heterocycles. The third-order valence-corrected chi connectivity index (χ3v) is 25.5. The molecule has 0 atom stereocenters. The molecule has 0 bridgehead atoms. The fourth-order valence-corrected chi connectivity index (χ4v) is 16.2. The van der Waals surface area contributed by atoms with Crippen LogP contribution in [0.3, 0.4) is 0 Å². The van der Waals surface area contributed by atoms with Crippen LogP contribution in [0.4, 0.5) is 0 Å². The molecule has 0 aliphatic rings. The van der Waals surface area contributed by atoms with E-state index in [1.54, 1.807) is 28.4 Å². The average Bonchev–Trinajstić information content (AvgIpc) is 3.09. The van der Waals surface area contributed by atoms with Crippen molar-refractivity contribution in [1.82, 2.24) is 0 Å². The minimum absolute atomic E-state index is 0.797. The van der Waals surface area contributed by atoms with Crippen molar-refractivity contribution in [3.8, 4) is 23.0 Å². The number of methoxy groups -OCH3 is 4. The molecule has 0 saturated heterocycles. The zero-order valence-corrected chi connectivity index (χ0v) is 32.3. The van der Waals surface area contributed by atoms with E-state index in [0.717, 1.165) is 37.4 Å². The number of ether oxygens (including phenoxy) is 4. The van der Waals surface area contributed by atoms with Crippen molar-refractivity contribution in [1.29, 1.82) is 0 Å². The normalized spacial score (nSPS) is 11.5. The maximum atomic E-state index is 6.65. The first-order valence-corrected chi connectivity index (χ1v) is 29.6. The predicted molar refractivity (Wildman–Crippen MR) is 192 cm³/mol. The summed E-state index contributed by atoms with van der Waals surface area (Å²) in [6, 6.07) is 42.5. The molecule has 0 spiro atoms. The van der Waals surface area contributed by atoms with Crippen LogP contribution >= 0.6 is 35.9 Å². The van der Waals surface area contributed by atoms with Gasteiger partial charge in [0.05, 0.1) is 0 Å². The van der Waals surface area contributed by atoms with Crippen molar-refractivity contribution in [2.45, 2.75) is 0 Å². The predicted octanol–water partition coefficient (Wildman–Crippen LogP) is 7.16. The van der Waals surface area contributed by atoms with E-state index in [0.29, 0.717) is 0 Å². The zero-order valence-electron chi connectivity index (χ0n) is 24.7.